The Morgan fingerprint density at radius 2 is 1.92 bits per heavy atom. The van der Waals surface area contributed by atoms with Crippen LogP contribution in [0.5, 0.6) is 0 Å². The minimum Gasteiger partial charge on any atom is -0.328 e. The molecule has 1 aliphatic heterocycles. The summed E-state index contributed by atoms with van der Waals surface area (Å²) in [6.07, 6.45) is 2.15. The first-order valence-electron chi connectivity index (χ1n) is 8.58. The minimum atomic E-state index is -0.0945. The average molecular weight is 370 g/mol. The summed E-state index contributed by atoms with van der Waals surface area (Å²) in [4.78, 5) is 14.6. The topological polar surface area (TPSA) is 92.6 Å². The van der Waals surface area contributed by atoms with E-state index in [2.05, 4.69) is 30.2 Å². The van der Waals surface area contributed by atoms with Gasteiger partial charge in [0.15, 0.2) is 17.3 Å². The normalized spacial score (nSPS) is 16.6. The van der Waals surface area contributed by atoms with Gasteiger partial charge in [0.2, 0.25) is 0 Å². The standard InChI is InChI=1S/C17H16ClN7O/c18-12-5-3-11(4-6-12)16-22-19-13-9-24(7-8-25(13)16)17(26)15-14(10-1-2-10)20-23-21-15/h3-6,10H,1-2,7-9H2,(H,20,21,23). The number of hydrogen-bond donors (Lipinski definition) is 1. The van der Waals surface area contributed by atoms with Gasteiger partial charge in [-0.3, -0.25) is 4.79 Å². The van der Waals surface area contributed by atoms with E-state index >= 15 is 0 Å². The molecule has 1 amide bonds. The van der Waals surface area contributed by atoms with Crippen molar-refractivity contribution in [1.82, 2.24) is 35.1 Å². The van der Waals surface area contributed by atoms with Gasteiger partial charge in [-0.05, 0) is 37.1 Å². The number of benzene rings is 1. The third-order valence-corrected chi connectivity index (χ3v) is 5.14. The van der Waals surface area contributed by atoms with Gasteiger partial charge in [-0.1, -0.05) is 11.6 Å². The van der Waals surface area contributed by atoms with Gasteiger partial charge in [0, 0.05) is 29.6 Å². The summed E-state index contributed by atoms with van der Waals surface area (Å²) < 4.78 is 2.05. The van der Waals surface area contributed by atoms with Crippen molar-refractivity contribution in [2.45, 2.75) is 31.8 Å². The first-order valence-corrected chi connectivity index (χ1v) is 8.96. The molecule has 0 unspecified atom stereocenters. The van der Waals surface area contributed by atoms with Crippen molar-refractivity contribution in [3.8, 4) is 11.4 Å². The van der Waals surface area contributed by atoms with Gasteiger partial charge in [0.25, 0.3) is 5.91 Å². The van der Waals surface area contributed by atoms with Gasteiger partial charge in [0.05, 0.1) is 12.2 Å². The summed E-state index contributed by atoms with van der Waals surface area (Å²) in [5.74, 6) is 1.84. The van der Waals surface area contributed by atoms with Crippen molar-refractivity contribution < 1.29 is 4.79 Å². The van der Waals surface area contributed by atoms with Crippen LogP contribution >= 0.6 is 11.6 Å². The van der Waals surface area contributed by atoms with E-state index in [9.17, 15) is 4.79 Å². The lowest BCUT2D eigenvalue weighted by Gasteiger charge is -2.27. The SMILES string of the molecule is O=C(c1n[nH]nc1C1CC1)N1CCn2c(nnc2-c2ccc(Cl)cc2)C1. The summed E-state index contributed by atoms with van der Waals surface area (Å²) in [7, 11) is 0. The lowest BCUT2D eigenvalue weighted by molar-refractivity contribution is 0.0700. The number of nitrogens with one attached hydrogen (secondary N) is 1. The Morgan fingerprint density at radius 3 is 2.69 bits per heavy atom. The van der Waals surface area contributed by atoms with Crippen LogP contribution in [-0.4, -0.2) is 47.5 Å². The highest BCUT2D eigenvalue weighted by molar-refractivity contribution is 6.30. The first-order chi connectivity index (χ1) is 12.7. The van der Waals surface area contributed by atoms with Crippen molar-refractivity contribution in [3.63, 3.8) is 0 Å². The summed E-state index contributed by atoms with van der Waals surface area (Å²) in [6, 6.07) is 7.52. The molecule has 26 heavy (non-hydrogen) atoms. The van der Waals surface area contributed by atoms with Crippen molar-refractivity contribution in [2.75, 3.05) is 6.54 Å². The highest BCUT2D eigenvalue weighted by Crippen LogP contribution is 2.40. The van der Waals surface area contributed by atoms with Gasteiger partial charge >= 0.3 is 0 Å². The van der Waals surface area contributed by atoms with E-state index in [1.165, 1.54) is 0 Å². The minimum absolute atomic E-state index is 0.0945. The summed E-state index contributed by atoms with van der Waals surface area (Å²) in [6.45, 7) is 1.64. The predicted molar refractivity (Wildman–Crippen MR) is 93.6 cm³/mol. The van der Waals surface area contributed by atoms with Crippen LogP contribution in [0.3, 0.4) is 0 Å². The molecule has 5 rings (SSSR count). The Hall–Kier alpha value is -2.74. The van der Waals surface area contributed by atoms with Crippen molar-refractivity contribution in [2.24, 2.45) is 0 Å². The summed E-state index contributed by atoms with van der Waals surface area (Å²) in [5.41, 5.74) is 2.20. The monoisotopic (exact) mass is 369 g/mol. The molecule has 2 aliphatic rings. The van der Waals surface area contributed by atoms with Crippen molar-refractivity contribution in [3.05, 3.63) is 46.5 Å². The van der Waals surface area contributed by atoms with Gasteiger partial charge < -0.3 is 9.47 Å². The van der Waals surface area contributed by atoms with Crippen LogP contribution in [0.25, 0.3) is 11.4 Å². The van der Waals surface area contributed by atoms with Gasteiger partial charge in [-0.15, -0.1) is 10.2 Å². The zero-order valence-corrected chi connectivity index (χ0v) is 14.6. The lowest BCUT2D eigenvalue weighted by Crippen LogP contribution is -2.39. The van der Waals surface area contributed by atoms with E-state index in [1.807, 2.05) is 24.3 Å². The molecule has 0 atom stereocenters. The highest BCUT2D eigenvalue weighted by Gasteiger charge is 2.34. The van der Waals surface area contributed by atoms with E-state index in [0.717, 1.165) is 35.7 Å². The molecule has 1 fully saturated rings. The van der Waals surface area contributed by atoms with Crippen LogP contribution in [0, 0.1) is 0 Å². The quantitative estimate of drug-likeness (QED) is 0.764. The molecule has 0 radical (unpaired) electrons. The summed E-state index contributed by atoms with van der Waals surface area (Å²) >= 11 is 5.96. The fraction of sp³-hybridized carbons (Fsp3) is 0.353. The van der Waals surface area contributed by atoms with E-state index in [4.69, 9.17) is 11.6 Å². The molecule has 9 heteroatoms. The van der Waals surface area contributed by atoms with Crippen molar-refractivity contribution >= 4 is 17.5 Å². The second-order valence-corrected chi connectivity index (χ2v) is 7.09. The maximum absolute atomic E-state index is 12.9. The number of fused-ring (bicyclic) bond motifs is 1. The summed E-state index contributed by atoms with van der Waals surface area (Å²) in [5, 5.41) is 20.1. The molecule has 0 bridgehead atoms. The van der Waals surface area contributed by atoms with Gasteiger partial charge in [-0.2, -0.15) is 15.4 Å². The predicted octanol–water partition coefficient (Wildman–Crippen LogP) is 2.25. The fourth-order valence-electron chi connectivity index (χ4n) is 3.33. The Morgan fingerprint density at radius 1 is 1.12 bits per heavy atom. The fourth-order valence-corrected chi connectivity index (χ4v) is 3.46. The van der Waals surface area contributed by atoms with Crippen LogP contribution in [0.2, 0.25) is 5.02 Å². The lowest BCUT2D eigenvalue weighted by atomic mass is 10.2. The number of rotatable bonds is 3. The third kappa shape index (κ3) is 2.57. The number of amides is 1. The second kappa shape index (κ2) is 5.91. The van der Waals surface area contributed by atoms with E-state index in [1.54, 1.807) is 4.90 Å². The number of nitrogens with zero attached hydrogens (tertiary/aromatic N) is 6. The third-order valence-electron chi connectivity index (χ3n) is 4.88. The molecule has 2 aromatic heterocycles. The molecular weight excluding hydrogens is 354 g/mol. The van der Waals surface area contributed by atoms with Crippen LogP contribution in [-0.2, 0) is 13.1 Å². The number of hydrogen-bond acceptors (Lipinski definition) is 5. The molecule has 1 aromatic carbocycles. The molecule has 3 aromatic rings. The number of aromatic amines is 1. The van der Waals surface area contributed by atoms with Crippen LogP contribution in [0.1, 0.15) is 40.8 Å². The Balaban J connectivity index is 1.40. The van der Waals surface area contributed by atoms with Gasteiger partial charge in [0.1, 0.15) is 0 Å². The molecule has 1 saturated carbocycles. The largest absolute Gasteiger partial charge is 0.328 e. The maximum Gasteiger partial charge on any atom is 0.276 e. The molecule has 0 spiro atoms. The van der Waals surface area contributed by atoms with Gasteiger partial charge in [-0.25, -0.2) is 0 Å². The molecule has 132 valence electrons. The number of halogens is 1. The van der Waals surface area contributed by atoms with E-state index in [-0.39, 0.29) is 5.91 Å². The highest BCUT2D eigenvalue weighted by atomic mass is 35.5. The number of H-pyrrole nitrogens is 1. The van der Waals surface area contributed by atoms with E-state index in [0.29, 0.717) is 36.3 Å². The number of carbonyl (C=O) groups excluding carboxylic acids is 1. The Bertz CT molecular complexity index is 973. The number of aromatic nitrogens is 6. The first kappa shape index (κ1) is 15.5. The Labute approximate surface area is 154 Å². The Kier molecular flexibility index (Phi) is 3.53. The zero-order chi connectivity index (χ0) is 17.7. The maximum atomic E-state index is 12.9. The molecule has 3 heterocycles. The molecule has 8 nitrogen and oxygen atoms in total. The number of carbonyl (C=O) groups is 1. The average Bonchev–Trinajstić information content (AvgIpc) is 3.24. The van der Waals surface area contributed by atoms with Crippen LogP contribution < -0.4 is 0 Å². The molecule has 0 saturated heterocycles. The van der Waals surface area contributed by atoms with Crippen LogP contribution in [0.15, 0.2) is 24.3 Å². The van der Waals surface area contributed by atoms with E-state index < -0.39 is 0 Å². The van der Waals surface area contributed by atoms with Crippen LogP contribution in [0.4, 0.5) is 0 Å². The molecule has 1 aliphatic carbocycles. The smallest absolute Gasteiger partial charge is 0.276 e. The zero-order valence-electron chi connectivity index (χ0n) is 13.9. The molecular formula is C17H16ClN7O. The van der Waals surface area contributed by atoms with Crippen molar-refractivity contribution in [1.29, 1.82) is 0 Å². The molecule has 1 N–H and O–H groups in total. The second-order valence-electron chi connectivity index (χ2n) is 6.66.